The molecule has 0 saturated carbocycles. The second kappa shape index (κ2) is 3.86. The van der Waals surface area contributed by atoms with Gasteiger partial charge in [0, 0.05) is 0 Å². The molecule has 0 aliphatic carbocycles. The van der Waals surface area contributed by atoms with Crippen LogP contribution in [0.2, 0.25) is 0 Å². The van der Waals surface area contributed by atoms with Crippen LogP contribution in [-0.4, -0.2) is 10.2 Å². The third-order valence-electron chi connectivity index (χ3n) is 2.18. The summed E-state index contributed by atoms with van der Waals surface area (Å²) in [6, 6.07) is 1.65. The highest BCUT2D eigenvalue weighted by molar-refractivity contribution is 5.50. The van der Waals surface area contributed by atoms with Crippen LogP contribution in [0, 0.1) is 6.92 Å². The molecule has 0 radical (unpaired) electrons. The van der Waals surface area contributed by atoms with Crippen molar-refractivity contribution >= 4 is 0 Å². The molecule has 2 heterocycles. The Labute approximate surface area is 87.3 Å². The van der Waals surface area contributed by atoms with E-state index in [9.17, 15) is 0 Å². The molecule has 2 N–H and O–H groups in total. The lowest BCUT2D eigenvalue weighted by molar-refractivity contribution is 0.452. The van der Waals surface area contributed by atoms with E-state index in [1.807, 2.05) is 19.9 Å². The number of aryl methyl sites for hydroxylation is 1. The Morgan fingerprint density at radius 3 is 2.87 bits per heavy atom. The molecule has 2 aromatic heterocycles. The molecule has 1 unspecified atom stereocenters. The van der Waals surface area contributed by atoms with Gasteiger partial charge in [-0.2, -0.15) is 0 Å². The summed E-state index contributed by atoms with van der Waals surface area (Å²) in [5.41, 5.74) is 6.56. The number of furan rings is 1. The minimum Gasteiger partial charge on any atom is -0.469 e. The quantitative estimate of drug-likeness (QED) is 0.833. The Kier molecular flexibility index (Phi) is 2.55. The van der Waals surface area contributed by atoms with Crippen molar-refractivity contribution in [2.75, 3.05) is 0 Å². The van der Waals surface area contributed by atoms with E-state index in [2.05, 4.69) is 10.2 Å². The van der Waals surface area contributed by atoms with E-state index < -0.39 is 0 Å². The van der Waals surface area contributed by atoms with Crippen molar-refractivity contribution in [2.24, 2.45) is 5.73 Å². The number of nitrogens with two attached hydrogens (primary N) is 1. The van der Waals surface area contributed by atoms with Crippen molar-refractivity contribution in [3.8, 4) is 11.5 Å². The van der Waals surface area contributed by atoms with Crippen molar-refractivity contribution in [3.05, 3.63) is 24.0 Å². The fourth-order valence-corrected chi connectivity index (χ4v) is 1.23. The summed E-state index contributed by atoms with van der Waals surface area (Å²) in [5, 5.41) is 7.80. The van der Waals surface area contributed by atoms with Crippen LogP contribution >= 0.6 is 0 Å². The van der Waals surface area contributed by atoms with Crippen molar-refractivity contribution in [3.63, 3.8) is 0 Å². The summed E-state index contributed by atoms with van der Waals surface area (Å²) in [7, 11) is 0. The van der Waals surface area contributed by atoms with Gasteiger partial charge in [-0.05, 0) is 19.4 Å². The molecule has 0 amide bonds. The van der Waals surface area contributed by atoms with Gasteiger partial charge in [0.2, 0.25) is 5.89 Å². The Morgan fingerprint density at radius 2 is 2.27 bits per heavy atom. The van der Waals surface area contributed by atoms with Crippen LogP contribution in [0.15, 0.2) is 21.2 Å². The van der Waals surface area contributed by atoms with Crippen molar-refractivity contribution in [2.45, 2.75) is 26.3 Å². The highest BCUT2D eigenvalue weighted by Crippen LogP contribution is 2.22. The molecule has 15 heavy (non-hydrogen) atoms. The Balaban J connectivity index is 2.27. The number of rotatable bonds is 3. The van der Waals surface area contributed by atoms with E-state index in [1.165, 1.54) is 0 Å². The molecule has 0 aromatic carbocycles. The third kappa shape index (κ3) is 1.92. The smallest absolute Gasteiger partial charge is 0.251 e. The van der Waals surface area contributed by atoms with Crippen molar-refractivity contribution in [1.29, 1.82) is 0 Å². The second-order valence-corrected chi connectivity index (χ2v) is 3.41. The maximum absolute atomic E-state index is 5.77. The maximum atomic E-state index is 5.77. The summed E-state index contributed by atoms with van der Waals surface area (Å²) in [5.74, 6) is 1.72. The zero-order valence-corrected chi connectivity index (χ0v) is 8.73. The van der Waals surface area contributed by atoms with E-state index in [0.717, 1.165) is 17.7 Å². The highest BCUT2D eigenvalue weighted by atomic mass is 16.4. The molecule has 2 aromatic rings. The SMILES string of the molecule is CCC(N)c1nnc(-c2coc(C)c2)o1. The summed E-state index contributed by atoms with van der Waals surface area (Å²) >= 11 is 0. The van der Waals surface area contributed by atoms with Crippen molar-refractivity contribution in [1.82, 2.24) is 10.2 Å². The molecule has 0 aliphatic heterocycles. The lowest BCUT2D eigenvalue weighted by Crippen LogP contribution is -2.08. The van der Waals surface area contributed by atoms with Crippen LogP contribution in [-0.2, 0) is 0 Å². The molecule has 0 fully saturated rings. The van der Waals surface area contributed by atoms with Gasteiger partial charge < -0.3 is 14.6 Å². The first-order valence-electron chi connectivity index (χ1n) is 4.85. The van der Waals surface area contributed by atoms with Gasteiger partial charge in [-0.1, -0.05) is 6.92 Å². The topological polar surface area (TPSA) is 78.1 Å². The Hall–Kier alpha value is -1.62. The van der Waals surface area contributed by atoms with Gasteiger partial charge in [0.05, 0.1) is 11.6 Å². The average molecular weight is 207 g/mol. The van der Waals surface area contributed by atoms with E-state index in [0.29, 0.717) is 11.8 Å². The van der Waals surface area contributed by atoms with Crippen LogP contribution in [0.1, 0.15) is 31.0 Å². The maximum Gasteiger partial charge on any atom is 0.251 e. The monoisotopic (exact) mass is 207 g/mol. The van der Waals surface area contributed by atoms with E-state index in [-0.39, 0.29) is 6.04 Å². The third-order valence-corrected chi connectivity index (χ3v) is 2.18. The average Bonchev–Trinajstić information content (AvgIpc) is 2.84. The first-order valence-corrected chi connectivity index (χ1v) is 4.85. The number of hydrogen-bond donors (Lipinski definition) is 1. The molecular formula is C10H13N3O2. The fraction of sp³-hybridized carbons (Fsp3) is 0.400. The zero-order valence-electron chi connectivity index (χ0n) is 8.73. The van der Waals surface area contributed by atoms with Gasteiger partial charge in [0.1, 0.15) is 12.0 Å². The fourth-order valence-electron chi connectivity index (χ4n) is 1.23. The van der Waals surface area contributed by atoms with Gasteiger partial charge in [-0.3, -0.25) is 0 Å². The predicted octanol–water partition coefficient (Wildman–Crippen LogP) is 2.05. The van der Waals surface area contributed by atoms with Crippen molar-refractivity contribution < 1.29 is 8.83 Å². The van der Waals surface area contributed by atoms with E-state index in [1.54, 1.807) is 6.26 Å². The van der Waals surface area contributed by atoms with Gasteiger partial charge in [0.15, 0.2) is 0 Å². The van der Waals surface area contributed by atoms with Crippen LogP contribution in [0.4, 0.5) is 0 Å². The van der Waals surface area contributed by atoms with E-state index in [4.69, 9.17) is 14.6 Å². The molecule has 5 nitrogen and oxygen atoms in total. The first kappa shape index (κ1) is 9.92. The summed E-state index contributed by atoms with van der Waals surface area (Å²) in [6.45, 7) is 3.83. The zero-order chi connectivity index (χ0) is 10.8. The molecule has 2 rings (SSSR count). The molecule has 0 aliphatic rings. The lowest BCUT2D eigenvalue weighted by Gasteiger charge is -1.99. The second-order valence-electron chi connectivity index (χ2n) is 3.41. The molecular weight excluding hydrogens is 194 g/mol. The minimum absolute atomic E-state index is 0.195. The first-order chi connectivity index (χ1) is 7.20. The lowest BCUT2D eigenvalue weighted by atomic mass is 10.2. The summed E-state index contributed by atoms with van der Waals surface area (Å²) < 4.78 is 10.6. The molecule has 5 heteroatoms. The summed E-state index contributed by atoms with van der Waals surface area (Å²) in [6.07, 6.45) is 2.36. The molecule has 0 spiro atoms. The normalized spacial score (nSPS) is 13.0. The Morgan fingerprint density at radius 1 is 1.47 bits per heavy atom. The number of hydrogen-bond acceptors (Lipinski definition) is 5. The van der Waals surface area contributed by atoms with Crippen LogP contribution in [0.5, 0.6) is 0 Å². The van der Waals surface area contributed by atoms with E-state index >= 15 is 0 Å². The molecule has 0 saturated heterocycles. The number of aromatic nitrogens is 2. The van der Waals surface area contributed by atoms with Gasteiger partial charge >= 0.3 is 0 Å². The Bertz CT molecular complexity index is 447. The van der Waals surface area contributed by atoms with Crippen LogP contribution in [0.25, 0.3) is 11.5 Å². The highest BCUT2D eigenvalue weighted by Gasteiger charge is 2.14. The standard InChI is InChI=1S/C10H13N3O2/c1-3-8(11)10-13-12-9(15-10)7-4-6(2)14-5-7/h4-5,8H,3,11H2,1-2H3. The molecule has 0 bridgehead atoms. The van der Waals surface area contributed by atoms with Gasteiger partial charge in [-0.15, -0.1) is 10.2 Å². The largest absolute Gasteiger partial charge is 0.469 e. The van der Waals surface area contributed by atoms with Gasteiger partial charge in [-0.25, -0.2) is 0 Å². The summed E-state index contributed by atoms with van der Waals surface area (Å²) in [4.78, 5) is 0. The minimum atomic E-state index is -0.195. The van der Waals surface area contributed by atoms with Gasteiger partial charge in [0.25, 0.3) is 5.89 Å². The predicted molar refractivity (Wildman–Crippen MR) is 54.0 cm³/mol. The van der Waals surface area contributed by atoms with Crippen LogP contribution < -0.4 is 5.73 Å². The van der Waals surface area contributed by atoms with Crippen LogP contribution in [0.3, 0.4) is 0 Å². The molecule has 80 valence electrons. The number of nitrogens with zero attached hydrogens (tertiary/aromatic N) is 2. The molecule has 1 atom stereocenters.